The molecule has 2 unspecified atom stereocenters. The minimum absolute atomic E-state index is 0.0339. The summed E-state index contributed by atoms with van der Waals surface area (Å²) in [5, 5.41) is 2.10. The summed E-state index contributed by atoms with van der Waals surface area (Å²) in [5.74, 6) is 0.973. The summed E-state index contributed by atoms with van der Waals surface area (Å²) in [7, 11) is 2.07. The lowest BCUT2D eigenvalue weighted by atomic mass is 10.1. The van der Waals surface area contributed by atoms with Gasteiger partial charge in [0.2, 0.25) is 0 Å². The molecule has 0 aliphatic heterocycles. The van der Waals surface area contributed by atoms with Crippen molar-refractivity contribution in [1.29, 1.82) is 0 Å². The number of hydrogen-bond donors (Lipinski definition) is 1. The summed E-state index contributed by atoms with van der Waals surface area (Å²) in [5.41, 5.74) is 6.89. The monoisotopic (exact) mass is 261 g/mol. The number of rotatable bonds is 4. The van der Waals surface area contributed by atoms with Crippen molar-refractivity contribution in [2.45, 2.75) is 25.9 Å². The van der Waals surface area contributed by atoms with E-state index in [1.807, 2.05) is 25.3 Å². The van der Waals surface area contributed by atoms with Crippen molar-refractivity contribution in [3.05, 3.63) is 46.3 Å². The Bertz CT molecular complexity index is 476. The van der Waals surface area contributed by atoms with E-state index in [1.54, 1.807) is 11.3 Å². The van der Waals surface area contributed by atoms with Crippen LogP contribution in [0, 0.1) is 0 Å². The minimum Gasteiger partial charge on any atom is -0.352 e. The molecule has 0 fully saturated rings. The molecule has 2 atom stereocenters. The Morgan fingerprint density at radius 3 is 2.56 bits per heavy atom. The van der Waals surface area contributed by atoms with Crippen LogP contribution in [0.25, 0.3) is 0 Å². The molecule has 0 spiro atoms. The number of nitrogens with zero attached hydrogens (tertiary/aromatic N) is 2. The summed E-state index contributed by atoms with van der Waals surface area (Å²) < 4.78 is 0. The molecule has 0 saturated carbocycles. The molecule has 0 aliphatic rings. The maximum absolute atomic E-state index is 5.82. The summed E-state index contributed by atoms with van der Waals surface area (Å²) in [6, 6.07) is 8.68. The average molecular weight is 261 g/mol. The molecular formula is C14H19N3S. The van der Waals surface area contributed by atoms with Gasteiger partial charge in [-0.25, -0.2) is 4.98 Å². The molecule has 18 heavy (non-hydrogen) atoms. The highest BCUT2D eigenvalue weighted by atomic mass is 32.1. The normalized spacial score (nSPS) is 14.2. The van der Waals surface area contributed by atoms with Crippen LogP contribution in [0.4, 0.5) is 5.82 Å². The fraction of sp³-hybridized carbons (Fsp3) is 0.357. The smallest absolute Gasteiger partial charge is 0.128 e. The number of nitrogens with two attached hydrogens (primary N) is 1. The van der Waals surface area contributed by atoms with E-state index in [-0.39, 0.29) is 6.04 Å². The zero-order valence-corrected chi connectivity index (χ0v) is 11.8. The summed E-state index contributed by atoms with van der Waals surface area (Å²) in [6.45, 7) is 4.15. The van der Waals surface area contributed by atoms with E-state index < -0.39 is 0 Å². The van der Waals surface area contributed by atoms with Crippen molar-refractivity contribution >= 4 is 17.2 Å². The van der Waals surface area contributed by atoms with E-state index >= 15 is 0 Å². The first-order valence-electron chi connectivity index (χ1n) is 6.07. The highest BCUT2D eigenvalue weighted by Crippen LogP contribution is 2.27. The molecule has 0 saturated heterocycles. The summed E-state index contributed by atoms with van der Waals surface area (Å²) >= 11 is 1.77. The van der Waals surface area contributed by atoms with E-state index in [2.05, 4.69) is 41.4 Å². The predicted molar refractivity (Wildman–Crippen MR) is 78.0 cm³/mol. The standard InChI is InChI=1S/C14H19N3S/c1-10(15)12-6-7-14(16-9-12)17(3)11(2)13-5-4-8-18-13/h4-11H,15H2,1-3H3. The third kappa shape index (κ3) is 2.71. The fourth-order valence-electron chi connectivity index (χ4n) is 1.79. The molecule has 2 rings (SSSR count). The second kappa shape index (κ2) is 5.50. The molecule has 2 aromatic rings. The SMILES string of the molecule is CC(N)c1ccc(N(C)C(C)c2cccs2)nc1. The quantitative estimate of drug-likeness (QED) is 0.917. The van der Waals surface area contributed by atoms with Crippen molar-refractivity contribution in [3.63, 3.8) is 0 Å². The number of pyridine rings is 1. The third-order valence-corrected chi connectivity index (χ3v) is 4.24. The molecular weight excluding hydrogens is 242 g/mol. The van der Waals surface area contributed by atoms with E-state index in [9.17, 15) is 0 Å². The molecule has 4 heteroatoms. The second-order valence-electron chi connectivity index (χ2n) is 4.54. The third-order valence-electron chi connectivity index (χ3n) is 3.19. The van der Waals surface area contributed by atoms with Gasteiger partial charge in [0.05, 0.1) is 6.04 Å². The van der Waals surface area contributed by atoms with Crippen molar-refractivity contribution in [2.75, 3.05) is 11.9 Å². The Hall–Kier alpha value is -1.39. The molecule has 0 bridgehead atoms. The molecule has 96 valence electrons. The van der Waals surface area contributed by atoms with E-state index in [0.29, 0.717) is 6.04 Å². The van der Waals surface area contributed by atoms with Gasteiger partial charge >= 0.3 is 0 Å². The van der Waals surface area contributed by atoms with Gasteiger partial charge in [0.25, 0.3) is 0 Å². The van der Waals surface area contributed by atoms with Crippen LogP contribution in [-0.4, -0.2) is 12.0 Å². The molecule has 2 heterocycles. The largest absolute Gasteiger partial charge is 0.352 e. The number of anilines is 1. The zero-order chi connectivity index (χ0) is 13.1. The summed E-state index contributed by atoms with van der Waals surface area (Å²) in [4.78, 5) is 8.00. The van der Waals surface area contributed by atoms with Crippen LogP contribution in [0.5, 0.6) is 0 Å². The van der Waals surface area contributed by atoms with Crippen LogP contribution in [0.15, 0.2) is 35.8 Å². The molecule has 2 aromatic heterocycles. The van der Waals surface area contributed by atoms with Gasteiger partial charge in [-0.1, -0.05) is 12.1 Å². The van der Waals surface area contributed by atoms with Crippen LogP contribution in [0.2, 0.25) is 0 Å². The Labute approximate surface area is 112 Å². The first kappa shape index (κ1) is 13.1. The van der Waals surface area contributed by atoms with Gasteiger partial charge in [-0.05, 0) is 36.9 Å². The van der Waals surface area contributed by atoms with Gasteiger partial charge in [0.15, 0.2) is 0 Å². The number of hydrogen-bond acceptors (Lipinski definition) is 4. The first-order chi connectivity index (χ1) is 8.59. The van der Waals surface area contributed by atoms with Gasteiger partial charge in [0.1, 0.15) is 5.82 Å². The lowest BCUT2D eigenvalue weighted by Crippen LogP contribution is -2.22. The van der Waals surface area contributed by atoms with E-state index in [4.69, 9.17) is 5.73 Å². The number of thiophene rings is 1. The predicted octanol–water partition coefficient (Wildman–Crippen LogP) is 3.36. The van der Waals surface area contributed by atoms with Crippen molar-refractivity contribution < 1.29 is 0 Å². The summed E-state index contributed by atoms with van der Waals surface area (Å²) in [6.07, 6.45) is 1.86. The molecule has 0 aliphatic carbocycles. The van der Waals surface area contributed by atoms with Crippen molar-refractivity contribution in [3.8, 4) is 0 Å². The highest BCUT2D eigenvalue weighted by molar-refractivity contribution is 7.10. The van der Waals surface area contributed by atoms with Gasteiger partial charge in [-0.2, -0.15) is 0 Å². The van der Waals surface area contributed by atoms with Crippen molar-refractivity contribution in [1.82, 2.24) is 4.98 Å². The molecule has 0 amide bonds. The topological polar surface area (TPSA) is 42.1 Å². The molecule has 0 radical (unpaired) electrons. The Balaban J connectivity index is 2.16. The van der Waals surface area contributed by atoms with Gasteiger partial charge < -0.3 is 10.6 Å². The van der Waals surface area contributed by atoms with Gasteiger partial charge in [-0.15, -0.1) is 11.3 Å². The minimum atomic E-state index is 0.0339. The van der Waals surface area contributed by atoms with Crippen LogP contribution in [0.1, 0.15) is 36.4 Å². The van der Waals surface area contributed by atoms with E-state index in [0.717, 1.165) is 11.4 Å². The first-order valence-corrected chi connectivity index (χ1v) is 6.95. The Kier molecular flexibility index (Phi) is 3.99. The van der Waals surface area contributed by atoms with Crippen LogP contribution in [-0.2, 0) is 0 Å². The maximum atomic E-state index is 5.82. The van der Waals surface area contributed by atoms with E-state index in [1.165, 1.54) is 4.88 Å². The Morgan fingerprint density at radius 2 is 2.06 bits per heavy atom. The highest BCUT2D eigenvalue weighted by Gasteiger charge is 2.14. The number of aromatic nitrogens is 1. The van der Waals surface area contributed by atoms with Crippen LogP contribution < -0.4 is 10.6 Å². The van der Waals surface area contributed by atoms with Gasteiger partial charge in [-0.3, -0.25) is 0 Å². The average Bonchev–Trinajstić information content (AvgIpc) is 2.91. The lowest BCUT2D eigenvalue weighted by molar-refractivity contribution is 0.738. The molecule has 2 N–H and O–H groups in total. The van der Waals surface area contributed by atoms with Gasteiger partial charge in [0, 0.05) is 24.2 Å². The molecule has 0 aromatic carbocycles. The zero-order valence-electron chi connectivity index (χ0n) is 11.0. The van der Waals surface area contributed by atoms with Crippen molar-refractivity contribution in [2.24, 2.45) is 5.73 Å². The second-order valence-corrected chi connectivity index (χ2v) is 5.52. The fourth-order valence-corrected chi connectivity index (χ4v) is 2.62. The van der Waals surface area contributed by atoms with Crippen LogP contribution >= 0.6 is 11.3 Å². The maximum Gasteiger partial charge on any atom is 0.128 e. The lowest BCUT2D eigenvalue weighted by Gasteiger charge is -2.25. The van der Waals surface area contributed by atoms with Crippen LogP contribution in [0.3, 0.4) is 0 Å². The molecule has 3 nitrogen and oxygen atoms in total. The Morgan fingerprint density at radius 1 is 1.28 bits per heavy atom.